The van der Waals surface area contributed by atoms with Crippen LogP contribution in [0, 0.1) is 0 Å². The van der Waals surface area contributed by atoms with Crippen molar-refractivity contribution in [2.75, 3.05) is 0 Å². The maximum atomic E-state index is 2.37. The van der Waals surface area contributed by atoms with Crippen molar-refractivity contribution in [3.05, 3.63) is 146 Å². The Morgan fingerprint density at radius 1 is 0.237 bits per heavy atom. The topological polar surface area (TPSA) is 0 Å². The van der Waals surface area contributed by atoms with Gasteiger partial charge in [0, 0.05) is 0 Å². The normalized spacial score (nSPS) is 11.7. The van der Waals surface area contributed by atoms with E-state index in [9.17, 15) is 0 Å². The third-order valence-corrected chi connectivity index (χ3v) is 8.02. The number of hydrogen-bond acceptors (Lipinski definition) is 0. The fraction of sp³-hybridized carbons (Fsp3) is 0. The Bertz CT molecular complexity index is 2140. The maximum absolute atomic E-state index is 2.37. The molecule has 0 atom stereocenters. The molecule has 0 heteroatoms. The molecule has 38 heavy (non-hydrogen) atoms. The smallest absolute Gasteiger partial charge is 0.00928 e. The van der Waals surface area contributed by atoms with Crippen LogP contribution in [0.1, 0.15) is 0 Å². The first-order valence-electron chi connectivity index (χ1n) is 13.2. The molecule has 176 valence electrons. The second-order valence-electron chi connectivity index (χ2n) is 10.2. The zero-order chi connectivity index (χ0) is 25.1. The van der Waals surface area contributed by atoms with Gasteiger partial charge in [-0.05, 0) is 94.3 Å². The lowest BCUT2D eigenvalue weighted by molar-refractivity contribution is 1.66. The van der Waals surface area contributed by atoms with Crippen molar-refractivity contribution in [3.63, 3.8) is 0 Å². The molecule has 8 rings (SSSR count). The van der Waals surface area contributed by atoms with Crippen LogP contribution in [0.25, 0.3) is 76.1 Å². The lowest BCUT2D eigenvalue weighted by atomic mass is 9.91. The van der Waals surface area contributed by atoms with Crippen molar-refractivity contribution in [2.24, 2.45) is 0 Å². The predicted molar refractivity (Wildman–Crippen MR) is 165 cm³/mol. The van der Waals surface area contributed by atoms with Gasteiger partial charge in [0.05, 0.1) is 0 Å². The molecule has 0 N–H and O–H groups in total. The highest BCUT2D eigenvalue weighted by Crippen LogP contribution is 2.38. The predicted octanol–water partition coefficient (Wildman–Crippen LogP) is 10.8. The van der Waals surface area contributed by atoms with Crippen molar-refractivity contribution in [1.29, 1.82) is 0 Å². The van der Waals surface area contributed by atoms with Crippen LogP contribution in [0.15, 0.2) is 146 Å². The van der Waals surface area contributed by atoms with E-state index in [0.29, 0.717) is 0 Å². The third-order valence-electron chi connectivity index (χ3n) is 8.02. The summed E-state index contributed by atoms with van der Waals surface area (Å²) in [7, 11) is 0. The zero-order valence-corrected chi connectivity index (χ0v) is 20.9. The molecule has 0 aromatic heterocycles. The number of fused-ring (bicyclic) bond motifs is 8. The minimum Gasteiger partial charge on any atom is -0.0616 e. The standard InChI is InChI=1S/C38H24/c1-2-10-31-25(8-1)9-7-15-32(31)30-19-18-26-22-27(16-17-28(26)23-30)29-20-21-37-35-13-4-3-11-33(35)34-12-5-6-14-36(34)38(37)24-29/h1-24H. The molecular weight excluding hydrogens is 456 g/mol. The zero-order valence-electron chi connectivity index (χ0n) is 20.9. The quantitative estimate of drug-likeness (QED) is 0.216. The Balaban J connectivity index is 1.28. The molecule has 0 unspecified atom stereocenters. The monoisotopic (exact) mass is 480 g/mol. The molecule has 0 saturated carbocycles. The summed E-state index contributed by atoms with van der Waals surface area (Å²) < 4.78 is 0. The first kappa shape index (κ1) is 21.2. The summed E-state index contributed by atoms with van der Waals surface area (Å²) in [6, 6.07) is 53.3. The van der Waals surface area contributed by atoms with E-state index < -0.39 is 0 Å². The highest BCUT2D eigenvalue weighted by Gasteiger charge is 2.10. The lowest BCUT2D eigenvalue weighted by Crippen LogP contribution is -1.86. The van der Waals surface area contributed by atoms with Gasteiger partial charge in [-0.2, -0.15) is 0 Å². The molecule has 0 heterocycles. The summed E-state index contributed by atoms with van der Waals surface area (Å²) in [5, 5.41) is 13.0. The van der Waals surface area contributed by atoms with Gasteiger partial charge in [0.25, 0.3) is 0 Å². The SMILES string of the molecule is c1ccc2c(-c3ccc4cc(-c5ccc6c7ccccc7c7ccccc7c6c5)ccc4c3)cccc2c1. The Morgan fingerprint density at radius 3 is 1.42 bits per heavy atom. The Labute approximate surface area is 221 Å². The van der Waals surface area contributed by atoms with E-state index in [1.807, 2.05) is 0 Å². The number of benzene rings is 8. The molecule has 0 nitrogen and oxygen atoms in total. The van der Waals surface area contributed by atoms with Crippen LogP contribution in [-0.4, -0.2) is 0 Å². The van der Waals surface area contributed by atoms with Gasteiger partial charge >= 0.3 is 0 Å². The van der Waals surface area contributed by atoms with Gasteiger partial charge in [0.1, 0.15) is 0 Å². The highest BCUT2D eigenvalue weighted by atomic mass is 14.1. The molecule has 0 fully saturated rings. The van der Waals surface area contributed by atoms with Gasteiger partial charge in [0.2, 0.25) is 0 Å². The molecule has 0 aliphatic carbocycles. The van der Waals surface area contributed by atoms with Gasteiger partial charge in [-0.3, -0.25) is 0 Å². The van der Waals surface area contributed by atoms with Gasteiger partial charge in [-0.1, -0.05) is 127 Å². The van der Waals surface area contributed by atoms with E-state index in [1.54, 1.807) is 0 Å². The summed E-state index contributed by atoms with van der Waals surface area (Å²) in [5.74, 6) is 0. The molecule has 0 bridgehead atoms. The molecule has 0 saturated heterocycles. The number of rotatable bonds is 2. The van der Waals surface area contributed by atoms with Crippen LogP contribution in [-0.2, 0) is 0 Å². The van der Waals surface area contributed by atoms with Crippen LogP contribution < -0.4 is 0 Å². The summed E-state index contributed by atoms with van der Waals surface area (Å²) >= 11 is 0. The number of hydrogen-bond donors (Lipinski definition) is 0. The van der Waals surface area contributed by atoms with Gasteiger partial charge in [0.15, 0.2) is 0 Å². The van der Waals surface area contributed by atoms with E-state index in [-0.39, 0.29) is 0 Å². The van der Waals surface area contributed by atoms with Crippen molar-refractivity contribution in [3.8, 4) is 22.3 Å². The fourth-order valence-corrected chi connectivity index (χ4v) is 6.16. The van der Waals surface area contributed by atoms with Crippen molar-refractivity contribution in [1.82, 2.24) is 0 Å². The third kappa shape index (κ3) is 3.24. The average Bonchev–Trinajstić information content (AvgIpc) is 3.00. The molecule has 8 aromatic carbocycles. The van der Waals surface area contributed by atoms with E-state index in [1.165, 1.54) is 76.1 Å². The molecule has 0 aliphatic rings. The van der Waals surface area contributed by atoms with E-state index >= 15 is 0 Å². The second-order valence-corrected chi connectivity index (χ2v) is 10.2. The average molecular weight is 481 g/mol. The maximum Gasteiger partial charge on any atom is -0.00928 e. The van der Waals surface area contributed by atoms with Crippen molar-refractivity contribution < 1.29 is 0 Å². The van der Waals surface area contributed by atoms with E-state index in [2.05, 4.69) is 146 Å². The first-order chi connectivity index (χ1) is 18.8. The molecular formula is C38H24. The Morgan fingerprint density at radius 2 is 0.711 bits per heavy atom. The van der Waals surface area contributed by atoms with E-state index in [0.717, 1.165) is 0 Å². The molecule has 0 radical (unpaired) electrons. The minimum atomic E-state index is 1.24. The molecule has 0 aliphatic heterocycles. The van der Waals surface area contributed by atoms with Gasteiger partial charge in [-0.15, -0.1) is 0 Å². The van der Waals surface area contributed by atoms with Crippen molar-refractivity contribution in [2.45, 2.75) is 0 Å². The summed E-state index contributed by atoms with van der Waals surface area (Å²) in [4.78, 5) is 0. The van der Waals surface area contributed by atoms with E-state index in [4.69, 9.17) is 0 Å². The van der Waals surface area contributed by atoms with Gasteiger partial charge < -0.3 is 0 Å². The Hall–Kier alpha value is -4.94. The molecule has 0 amide bonds. The summed E-state index contributed by atoms with van der Waals surface area (Å²) in [5.41, 5.74) is 5.03. The lowest BCUT2D eigenvalue weighted by Gasteiger charge is -2.13. The molecule has 8 aromatic rings. The first-order valence-corrected chi connectivity index (χ1v) is 13.2. The molecule has 0 spiro atoms. The van der Waals surface area contributed by atoms with Crippen LogP contribution in [0.4, 0.5) is 0 Å². The largest absolute Gasteiger partial charge is 0.0616 e. The van der Waals surface area contributed by atoms with Crippen LogP contribution in [0.5, 0.6) is 0 Å². The summed E-state index contributed by atoms with van der Waals surface area (Å²) in [6.07, 6.45) is 0. The van der Waals surface area contributed by atoms with Crippen LogP contribution in [0.3, 0.4) is 0 Å². The fourth-order valence-electron chi connectivity index (χ4n) is 6.16. The second kappa shape index (κ2) is 8.30. The summed E-state index contributed by atoms with van der Waals surface area (Å²) in [6.45, 7) is 0. The Kier molecular flexibility index (Phi) is 4.62. The highest BCUT2D eigenvalue weighted by molar-refractivity contribution is 6.25. The van der Waals surface area contributed by atoms with Crippen LogP contribution in [0.2, 0.25) is 0 Å². The minimum absolute atomic E-state index is 1.24. The van der Waals surface area contributed by atoms with Crippen LogP contribution >= 0.6 is 0 Å². The van der Waals surface area contributed by atoms with Gasteiger partial charge in [-0.25, -0.2) is 0 Å². The van der Waals surface area contributed by atoms with Crippen molar-refractivity contribution >= 4 is 53.9 Å².